The Balaban J connectivity index is 2.45. The number of primary amides is 1. The Kier molecular flexibility index (Phi) is 5.43. The summed E-state index contributed by atoms with van der Waals surface area (Å²) in [6, 6.07) is -0.423. The molecule has 2 atom stereocenters. The quantitative estimate of drug-likeness (QED) is 0.342. The highest BCUT2D eigenvalue weighted by atomic mass is 32.1. The van der Waals surface area contributed by atoms with Crippen molar-refractivity contribution in [2.24, 2.45) is 11.7 Å². The average molecular weight is 260 g/mol. The third-order valence-corrected chi connectivity index (χ3v) is 2.99. The van der Waals surface area contributed by atoms with Crippen LogP contribution in [0, 0.1) is 5.92 Å². The van der Waals surface area contributed by atoms with Gasteiger partial charge in [0.1, 0.15) is 6.04 Å². The molecule has 1 rings (SSSR count). The van der Waals surface area contributed by atoms with Crippen LogP contribution in [0.4, 0.5) is 0 Å². The van der Waals surface area contributed by atoms with Gasteiger partial charge in [0.05, 0.1) is 5.92 Å². The van der Waals surface area contributed by atoms with Gasteiger partial charge in [0.25, 0.3) is 0 Å². The summed E-state index contributed by atoms with van der Waals surface area (Å²) in [5.41, 5.74) is 4.98. The Hall–Kier alpha value is -1.08. The number of rotatable bonds is 5. The van der Waals surface area contributed by atoms with E-state index >= 15 is 0 Å². The maximum absolute atomic E-state index is 11.5. The number of amides is 1. The Bertz CT molecular complexity index is 315. The molecule has 0 spiro atoms. The van der Waals surface area contributed by atoms with Crippen molar-refractivity contribution < 1.29 is 19.1 Å². The van der Waals surface area contributed by atoms with Crippen molar-refractivity contribution in [2.75, 3.05) is 12.3 Å². The topological polar surface area (TPSA) is 98.5 Å². The van der Waals surface area contributed by atoms with E-state index in [4.69, 9.17) is 10.5 Å². The van der Waals surface area contributed by atoms with Gasteiger partial charge >= 0.3 is 11.9 Å². The normalized spacial score (nSPS) is 20.9. The van der Waals surface area contributed by atoms with Crippen molar-refractivity contribution in [1.29, 1.82) is 0 Å². The van der Waals surface area contributed by atoms with Crippen LogP contribution in [0.25, 0.3) is 0 Å². The fourth-order valence-electron chi connectivity index (χ4n) is 1.60. The molecule has 6 nitrogen and oxygen atoms in total. The van der Waals surface area contributed by atoms with E-state index in [2.05, 4.69) is 17.9 Å². The second-order valence-electron chi connectivity index (χ2n) is 3.94. The van der Waals surface area contributed by atoms with Crippen molar-refractivity contribution >= 4 is 30.5 Å². The van der Waals surface area contributed by atoms with Gasteiger partial charge in [-0.25, -0.2) is 4.79 Å². The lowest BCUT2D eigenvalue weighted by Crippen LogP contribution is -2.36. The number of carbonyl (C=O) groups excluding carboxylic acids is 3. The van der Waals surface area contributed by atoms with Gasteiger partial charge in [0.15, 0.2) is 0 Å². The van der Waals surface area contributed by atoms with Crippen LogP contribution in [0.5, 0.6) is 0 Å². The Morgan fingerprint density at radius 2 is 2.18 bits per heavy atom. The third kappa shape index (κ3) is 4.35. The van der Waals surface area contributed by atoms with Gasteiger partial charge in [-0.15, -0.1) is 0 Å². The van der Waals surface area contributed by atoms with Crippen molar-refractivity contribution in [2.45, 2.75) is 25.3 Å². The molecule has 96 valence electrons. The van der Waals surface area contributed by atoms with Crippen molar-refractivity contribution in [3.8, 4) is 0 Å². The van der Waals surface area contributed by atoms with Crippen molar-refractivity contribution in [3.05, 3.63) is 0 Å². The number of nitrogens with two attached hydrogens (primary N) is 1. The lowest BCUT2D eigenvalue weighted by Gasteiger charge is -2.13. The van der Waals surface area contributed by atoms with Gasteiger partial charge in [0.2, 0.25) is 5.91 Å². The van der Waals surface area contributed by atoms with Gasteiger partial charge in [-0.3, -0.25) is 9.59 Å². The summed E-state index contributed by atoms with van der Waals surface area (Å²) in [6.45, 7) is 0.741. The molecule has 0 aromatic rings. The molecule has 0 aromatic heterocycles. The summed E-state index contributed by atoms with van der Waals surface area (Å²) in [5, 5.41) is 2.92. The predicted molar refractivity (Wildman–Crippen MR) is 63.3 cm³/mol. The van der Waals surface area contributed by atoms with E-state index in [-0.39, 0.29) is 12.2 Å². The van der Waals surface area contributed by atoms with Gasteiger partial charge in [-0.05, 0) is 19.4 Å². The van der Waals surface area contributed by atoms with Crippen molar-refractivity contribution in [1.82, 2.24) is 5.32 Å². The molecule has 0 radical (unpaired) electrons. The van der Waals surface area contributed by atoms with E-state index < -0.39 is 29.8 Å². The molecule has 7 heteroatoms. The highest BCUT2D eigenvalue weighted by Gasteiger charge is 2.29. The molecule has 1 unspecified atom stereocenters. The van der Waals surface area contributed by atoms with E-state index in [9.17, 15) is 14.4 Å². The highest BCUT2D eigenvalue weighted by Crippen LogP contribution is 2.11. The molecule has 0 aromatic carbocycles. The second kappa shape index (κ2) is 6.61. The maximum atomic E-state index is 11.5. The van der Waals surface area contributed by atoms with Crippen LogP contribution in [0.1, 0.15) is 19.3 Å². The predicted octanol–water partition coefficient (Wildman–Crippen LogP) is -0.770. The first-order valence-corrected chi connectivity index (χ1v) is 6.06. The SMILES string of the molecule is NC(=O)CC(CS)C(=O)OC(=O)[C@@H]1CCCN1. The minimum absolute atomic E-state index is 0.118. The van der Waals surface area contributed by atoms with E-state index in [1.165, 1.54) is 0 Å². The molecule has 1 heterocycles. The monoisotopic (exact) mass is 260 g/mol. The summed E-state index contributed by atoms with van der Waals surface area (Å²) in [6.07, 6.45) is 1.38. The highest BCUT2D eigenvalue weighted by molar-refractivity contribution is 7.80. The standard InChI is InChI=1S/C10H16N2O4S/c11-8(13)4-6(5-17)9(14)16-10(15)7-2-1-3-12-7/h6-7,12,17H,1-5H2,(H2,11,13)/t6?,7-/m0/s1. The molecule has 0 bridgehead atoms. The second-order valence-corrected chi connectivity index (χ2v) is 4.30. The summed E-state index contributed by atoms with van der Waals surface area (Å²) in [4.78, 5) is 33.8. The molecule has 0 saturated carbocycles. The molecule has 1 aliphatic rings. The van der Waals surface area contributed by atoms with Gasteiger partial charge in [-0.1, -0.05) is 0 Å². The Morgan fingerprint density at radius 3 is 2.65 bits per heavy atom. The molecule has 3 N–H and O–H groups in total. The average Bonchev–Trinajstić information content (AvgIpc) is 2.78. The number of hydrogen-bond donors (Lipinski definition) is 3. The largest absolute Gasteiger partial charge is 0.392 e. The van der Waals surface area contributed by atoms with E-state index in [1.54, 1.807) is 0 Å². The lowest BCUT2D eigenvalue weighted by atomic mass is 10.1. The zero-order valence-electron chi connectivity index (χ0n) is 9.35. The van der Waals surface area contributed by atoms with Crippen LogP contribution in [-0.2, 0) is 19.1 Å². The summed E-state index contributed by atoms with van der Waals surface area (Å²) in [7, 11) is 0. The van der Waals surface area contributed by atoms with Crippen LogP contribution in [-0.4, -0.2) is 36.2 Å². The van der Waals surface area contributed by atoms with Gasteiger partial charge in [-0.2, -0.15) is 12.6 Å². The van der Waals surface area contributed by atoms with Crippen LogP contribution >= 0.6 is 12.6 Å². The summed E-state index contributed by atoms with van der Waals surface area (Å²) < 4.78 is 4.69. The fourth-order valence-corrected chi connectivity index (χ4v) is 1.88. The molecule has 1 aliphatic heterocycles. The number of esters is 2. The zero-order valence-corrected chi connectivity index (χ0v) is 10.2. The minimum atomic E-state index is -0.763. The molecule has 1 amide bonds. The first-order chi connectivity index (χ1) is 8.04. The number of ether oxygens (including phenoxy) is 1. The summed E-state index contributed by atoms with van der Waals surface area (Å²) in [5.74, 6) is -2.59. The molecule has 1 saturated heterocycles. The zero-order chi connectivity index (χ0) is 12.8. The molecular formula is C10H16N2O4S. The van der Waals surface area contributed by atoms with Crippen LogP contribution in [0.3, 0.4) is 0 Å². The number of hydrogen-bond acceptors (Lipinski definition) is 6. The molecule has 0 aliphatic carbocycles. The van der Waals surface area contributed by atoms with E-state index in [0.29, 0.717) is 6.42 Å². The van der Waals surface area contributed by atoms with Gasteiger partial charge < -0.3 is 15.8 Å². The van der Waals surface area contributed by atoms with E-state index in [1.807, 2.05) is 0 Å². The summed E-state index contributed by atoms with van der Waals surface area (Å²) >= 11 is 3.93. The smallest absolute Gasteiger partial charge is 0.330 e. The third-order valence-electron chi connectivity index (χ3n) is 2.55. The molecule has 17 heavy (non-hydrogen) atoms. The number of thiol groups is 1. The first kappa shape index (κ1) is 14.0. The van der Waals surface area contributed by atoms with Crippen molar-refractivity contribution in [3.63, 3.8) is 0 Å². The van der Waals surface area contributed by atoms with Gasteiger partial charge in [0, 0.05) is 12.2 Å². The van der Waals surface area contributed by atoms with Crippen LogP contribution in [0.15, 0.2) is 0 Å². The molecular weight excluding hydrogens is 244 g/mol. The van der Waals surface area contributed by atoms with E-state index in [0.717, 1.165) is 13.0 Å². The maximum Gasteiger partial charge on any atom is 0.330 e. The Labute approximate surface area is 105 Å². The molecule has 1 fully saturated rings. The lowest BCUT2D eigenvalue weighted by molar-refractivity contribution is -0.164. The number of nitrogens with one attached hydrogen (secondary N) is 1. The van der Waals surface area contributed by atoms with Crippen LogP contribution < -0.4 is 11.1 Å². The van der Waals surface area contributed by atoms with Crippen LogP contribution in [0.2, 0.25) is 0 Å². The first-order valence-electron chi connectivity index (χ1n) is 5.42. The minimum Gasteiger partial charge on any atom is -0.392 e. The fraction of sp³-hybridized carbons (Fsp3) is 0.700. The number of carbonyl (C=O) groups is 3. The Morgan fingerprint density at radius 1 is 1.47 bits per heavy atom.